The predicted molar refractivity (Wildman–Crippen MR) is 125 cm³/mol. The first-order chi connectivity index (χ1) is 15.7. The molecule has 0 saturated heterocycles. The molecule has 0 fully saturated rings. The Morgan fingerprint density at radius 2 is 1.44 bits per heavy atom. The monoisotopic (exact) mass is 486 g/mol. The summed E-state index contributed by atoms with van der Waals surface area (Å²) in [5.74, 6) is -3.93. The molecule has 0 rings (SSSR count). The summed E-state index contributed by atoms with van der Waals surface area (Å²) in [7, 11) is 0. The quantitative estimate of drug-likeness (QED) is 0.0637. The van der Waals surface area contributed by atoms with E-state index >= 15 is 0 Å². The van der Waals surface area contributed by atoms with Crippen LogP contribution in [0.5, 0.6) is 0 Å². The molecule has 4 atom stereocenters. The van der Waals surface area contributed by atoms with Crippen LogP contribution in [0, 0.1) is 5.92 Å². The summed E-state index contributed by atoms with van der Waals surface area (Å²) in [5.41, 5.74) is 21.2. The van der Waals surface area contributed by atoms with Gasteiger partial charge < -0.3 is 44.0 Å². The van der Waals surface area contributed by atoms with Gasteiger partial charge >= 0.3 is 5.97 Å². The fraction of sp³-hybridized carbons (Fsp3) is 0.700. The first kappa shape index (κ1) is 30.6. The average molecular weight is 487 g/mol. The van der Waals surface area contributed by atoms with Gasteiger partial charge in [0.15, 0.2) is 5.96 Å². The van der Waals surface area contributed by atoms with Crippen molar-refractivity contribution in [1.29, 1.82) is 0 Å². The van der Waals surface area contributed by atoms with E-state index in [9.17, 15) is 29.1 Å². The first-order valence-electron chi connectivity index (χ1n) is 11.0. The van der Waals surface area contributed by atoms with E-state index in [1.54, 1.807) is 0 Å². The fourth-order valence-corrected chi connectivity index (χ4v) is 2.85. The highest BCUT2D eigenvalue weighted by Crippen LogP contribution is 2.07. The van der Waals surface area contributed by atoms with Crippen molar-refractivity contribution in [2.45, 2.75) is 77.0 Å². The lowest BCUT2D eigenvalue weighted by Gasteiger charge is -2.24. The van der Waals surface area contributed by atoms with Gasteiger partial charge in [0.25, 0.3) is 0 Å². The van der Waals surface area contributed by atoms with Crippen molar-refractivity contribution < 1.29 is 29.1 Å². The normalized spacial score (nSPS) is 14.3. The summed E-state index contributed by atoms with van der Waals surface area (Å²) in [5, 5.41) is 16.7. The molecule has 0 aliphatic rings. The average Bonchev–Trinajstić information content (AvgIpc) is 2.72. The molecule has 0 aromatic heterocycles. The van der Waals surface area contributed by atoms with E-state index in [0.29, 0.717) is 6.42 Å². The number of carboxylic acids is 1. The number of guanidine groups is 1. The van der Waals surface area contributed by atoms with Crippen LogP contribution in [0.3, 0.4) is 0 Å². The fourth-order valence-electron chi connectivity index (χ4n) is 2.85. The molecule has 0 radical (unpaired) electrons. The number of aliphatic imine (C=N–C) groups is 1. The molecule has 14 heteroatoms. The van der Waals surface area contributed by atoms with E-state index in [1.165, 1.54) is 6.92 Å². The number of aliphatic carboxylic acids is 1. The Kier molecular flexibility index (Phi) is 13.9. The topological polar surface area (TPSA) is 258 Å². The van der Waals surface area contributed by atoms with Crippen molar-refractivity contribution in [1.82, 2.24) is 16.0 Å². The van der Waals surface area contributed by atoms with Gasteiger partial charge in [0.1, 0.15) is 18.1 Å². The number of hydrogen-bond donors (Lipinski definition) is 8. The molecule has 4 amide bonds. The van der Waals surface area contributed by atoms with E-state index in [2.05, 4.69) is 20.9 Å². The van der Waals surface area contributed by atoms with Crippen LogP contribution in [-0.2, 0) is 24.0 Å². The minimum Gasteiger partial charge on any atom is -0.480 e. The summed E-state index contributed by atoms with van der Waals surface area (Å²) < 4.78 is 0. The zero-order valence-corrected chi connectivity index (χ0v) is 19.9. The highest BCUT2D eigenvalue weighted by Gasteiger charge is 2.28. The van der Waals surface area contributed by atoms with Crippen molar-refractivity contribution in [3.63, 3.8) is 0 Å². The van der Waals surface area contributed by atoms with Crippen LogP contribution in [0.15, 0.2) is 4.99 Å². The Labute approximate surface area is 198 Å². The standard InChI is InChI=1S/C20H38N8O6/c1-10(2)9-14(28-17(31)12(21)6-7-15(22)29)18(32)26-11(3)16(30)27-13(19(33)34)5-4-8-25-20(23)24/h10-14H,4-9,21H2,1-3H3,(H2,22,29)(H,26,32)(H,27,30)(H,28,31)(H,33,34)(H4,23,24,25). The number of carbonyl (C=O) groups is 5. The van der Waals surface area contributed by atoms with E-state index < -0.39 is 53.8 Å². The number of rotatable bonds is 16. The van der Waals surface area contributed by atoms with E-state index in [-0.39, 0.29) is 44.1 Å². The molecule has 0 aliphatic carbocycles. The van der Waals surface area contributed by atoms with E-state index in [4.69, 9.17) is 22.9 Å². The molecule has 0 heterocycles. The molecule has 0 aliphatic heterocycles. The van der Waals surface area contributed by atoms with Crippen LogP contribution < -0.4 is 38.9 Å². The van der Waals surface area contributed by atoms with Gasteiger partial charge in [-0.05, 0) is 38.5 Å². The van der Waals surface area contributed by atoms with Crippen LogP contribution in [0.1, 0.15) is 52.9 Å². The third-order valence-electron chi connectivity index (χ3n) is 4.69. The molecular weight excluding hydrogens is 448 g/mol. The molecule has 194 valence electrons. The van der Waals surface area contributed by atoms with Crippen molar-refractivity contribution in [3.8, 4) is 0 Å². The Morgan fingerprint density at radius 3 is 1.94 bits per heavy atom. The smallest absolute Gasteiger partial charge is 0.326 e. The lowest BCUT2D eigenvalue weighted by Crippen LogP contribution is -2.56. The molecule has 0 saturated carbocycles. The van der Waals surface area contributed by atoms with E-state index in [0.717, 1.165) is 0 Å². The van der Waals surface area contributed by atoms with Crippen LogP contribution in [0.4, 0.5) is 0 Å². The summed E-state index contributed by atoms with van der Waals surface area (Å²) in [6, 6.07) is -4.30. The number of primary amides is 1. The minimum absolute atomic E-state index is 0.0173. The van der Waals surface area contributed by atoms with Gasteiger partial charge in [-0.1, -0.05) is 13.8 Å². The van der Waals surface area contributed by atoms with Crippen LogP contribution >= 0.6 is 0 Å². The summed E-state index contributed by atoms with van der Waals surface area (Å²) in [6.07, 6.45) is 0.596. The molecule has 14 nitrogen and oxygen atoms in total. The number of nitrogens with zero attached hydrogens (tertiary/aromatic N) is 1. The third kappa shape index (κ3) is 13.2. The minimum atomic E-state index is -1.24. The number of nitrogens with two attached hydrogens (primary N) is 4. The molecule has 4 unspecified atom stereocenters. The third-order valence-corrected chi connectivity index (χ3v) is 4.69. The molecule has 34 heavy (non-hydrogen) atoms. The van der Waals surface area contributed by atoms with Crippen molar-refractivity contribution in [3.05, 3.63) is 0 Å². The molecule has 0 bridgehead atoms. The number of nitrogens with one attached hydrogen (secondary N) is 3. The van der Waals surface area contributed by atoms with Gasteiger partial charge in [-0.3, -0.25) is 24.2 Å². The number of hydrogen-bond acceptors (Lipinski definition) is 7. The summed E-state index contributed by atoms with van der Waals surface area (Å²) in [6.45, 7) is 5.27. The lowest BCUT2D eigenvalue weighted by molar-refractivity contribution is -0.142. The van der Waals surface area contributed by atoms with Crippen LogP contribution in [0.2, 0.25) is 0 Å². The van der Waals surface area contributed by atoms with Crippen LogP contribution in [-0.4, -0.2) is 71.4 Å². The van der Waals surface area contributed by atoms with Gasteiger partial charge in [-0.25, -0.2) is 4.79 Å². The summed E-state index contributed by atoms with van der Waals surface area (Å²) in [4.78, 5) is 63.6. The lowest BCUT2D eigenvalue weighted by atomic mass is 10.0. The zero-order valence-electron chi connectivity index (χ0n) is 19.9. The maximum Gasteiger partial charge on any atom is 0.326 e. The highest BCUT2D eigenvalue weighted by molar-refractivity contribution is 5.94. The Morgan fingerprint density at radius 1 is 0.853 bits per heavy atom. The zero-order chi connectivity index (χ0) is 26.4. The van der Waals surface area contributed by atoms with Gasteiger partial charge in [-0.15, -0.1) is 0 Å². The van der Waals surface area contributed by atoms with Crippen LogP contribution in [0.25, 0.3) is 0 Å². The van der Waals surface area contributed by atoms with E-state index in [1.807, 2.05) is 13.8 Å². The molecule has 12 N–H and O–H groups in total. The SMILES string of the molecule is CC(C)CC(NC(=O)C(N)CCC(N)=O)C(=O)NC(C)C(=O)NC(CCCN=C(N)N)C(=O)O. The van der Waals surface area contributed by atoms with Crippen molar-refractivity contribution in [2.75, 3.05) is 6.54 Å². The molecular formula is C20H38N8O6. The van der Waals surface area contributed by atoms with Gasteiger partial charge in [0.2, 0.25) is 23.6 Å². The van der Waals surface area contributed by atoms with Gasteiger partial charge in [0, 0.05) is 13.0 Å². The molecule has 0 aromatic rings. The Hall–Kier alpha value is -3.42. The Bertz CT molecular complexity index is 753. The van der Waals surface area contributed by atoms with Gasteiger partial charge in [0.05, 0.1) is 6.04 Å². The maximum absolute atomic E-state index is 12.7. The highest BCUT2D eigenvalue weighted by atomic mass is 16.4. The number of carbonyl (C=O) groups excluding carboxylic acids is 4. The van der Waals surface area contributed by atoms with Gasteiger partial charge in [-0.2, -0.15) is 0 Å². The number of carboxylic acid groups (broad SMARTS) is 1. The molecule has 0 aromatic carbocycles. The first-order valence-corrected chi connectivity index (χ1v) is 11.0. The number of amides is 4. The Balaban J connectivity index is 5.02. The molecule has 0 spiro atoms. The second-order valence-electron chi connectivity index (χ2n) is 8.38. The second kappa shape index (κ2) is 15.4. The largest absolute Gasteiger partial charge is 0.480 e. The van der Waals surface area contributed by atoms with Crippen molar-refractivity contribution in [2.24, 2.45) is 33.8 Å². The second-order valence-corrected chi connectivity index (χ2v) is 8.38. The summed E-state index contributed by atoms with van der Waals surface area (Å²) >= 11 is 0. The van der Waals surface area contributed by atoms with Crippen molar-refractivity contribution >= 4 is 35.6 Å². The maximum atomic E-state index is 12.7. The predicted octanol–water partition coefficient (Wildman–Crippen LogP) is -2.76.